The molecule has 1 atom stereocenters. The highest BCUT2D eigenvalue weighted by molar-refractivity contribution is 7.89. The van der Waals surface area contributed by atoms with Crippen LogP contribution >= 0.6 is 0 Å². The van der Waals surface area contributed by atoms with Crippen molar-refractivity contribution in [3.05, 3.63) is 18.5 Å². The van der Waals surface area contributed by atoms with E-state index in [9.17, 15) is 8.42 Å². The predicted molar refractivity (Wildman–Crippen MR) is 77.8 cm³/mol. The van der Waals surface area contributed by atoms with Gasteiger partial charge >= 0.3 is 0 Å². The minimum absolute atomic E-state index is 0.200. The second-order valence-electron chi connectivity index (χ2n) is 6.04. The van der Waals surface area contributed by atoms with Crippen molar-refractivity contribution >= 4 is 10.0 Å². The van der Waals surface area contributed by atoms with Crippen molar-refractivity contribution in [1.82, 2.24) is 14.1 Å². The summed E-state index contributed by atoms with van der Waals surface area (Å²) in [5.74, 6) is 0.957. The Bertz CT molecular complexity index is 521. The van der Waals surface area contributed by atoms with Crippen molar-refractivity contribution in [2.45, 2.75) is 44.6 Å². The SMILES string of the molecule is O=S(=O)(CCC1CCCC1)N1CCC(n2cccn2)C1. The Balaban J connectivity index is 1.55. The average molecular weight is 297 g/mol. The third kappa shape index (κ3) is 3.06. The maximum Gasteiger partial charge on any atom is 0.214 e. The molecular formula is C14H23N3O2S. The number of rotatable bonds is 5. The maximum absolute atomic E-state index is 12.4. The summed E-state index contributed by atoms with van der Waals surface area (Å²) in [5, 5.41) is 4.22. The van der Waals surface area contributed by atoms with Gasteiger partial charge in [-0.3, -0.25) is 4.68 Å². The molecule has 1 saturated heterocycles. The van der Waals surface area contributed by atoms with E-state index < -0.39 is 10.0 Å². The van der Waals surface area contributed by atoms with Crippen LogP contribution in [-0.2, 0) is 10.0 Å². The number of hydrogen-bond acceptors (Lipinski definition) is 3. The van der Waals surface area contributed by atoms with Crippen LogP contribution in [0.3, 0.4) is 0 Å². The quantitative estimate of drug-likeness (QED) is 0.835. The summed E-state index contributed by atoms with van der Waals surface area (Å²) < 4.78 is 28.3. The van der Waals surface area contributed by atoms with E-state index in [1.165, 1.54) is 25.7 Å². The highest BCUT2D eigenvalue weighted by atomic mass is 32.2. The van der Waals surface area contributed by atoms with Gasteiger partial charge in [0.05, 0.1) is 11.8 Å². The third-order valence-corrected chi connectivity index (χ3v) is 6.55. The molecule has 2 aliphatic rings. The molecule has 1 unspecified atom stereocenters. The zero-order valence-corrected chi connectivity index (χ0v) is 12.6. The van der Waals surface area contributed by atoms with Crippen molar-refractivity contribution in [2.24, 2.45) is 5.92 Å². The molecule has 20 heavy (non-hydrogen) atoms. The van der Waals surface area contributed by atoms with Gasteiger partial charge in [0.15, 0.2) is 0 Å². The minimum atomic E-state index is -3.08. The van der Waals surface area contributed by atoms with Crippen LogP contribution in [-0.4, -0.2) is 41.3 Å². The summed E-state index contributed by atoms with van der Waals surface area (Å²) in [7, 11) is -3.08. The van der Waals surface area contributed by atoms with Crippen molar-refractivity contribution in [3.8, 4) is 0 Å². The Morgan fingerprint density at radius 3 is 2.70 bits per heavy atom. The smallest absolute Gasteiger partial charge is 0.214 e. The summed E-state index contributed by atoms with van der Waals surface area (Å²) in [6.45, 7) is 1.21. The van der Waals surface area contributed by atoms with Crippen molar-refractivity contribution in [1.29, 1.82) is 0 Å². The third-order valence-electron chi connectivity index (χ3n) is 4.68. The largest absolute Gasteiger partial charge is 0.268 e. The molecule has 2 fully saturated rings. The number of nitrogens with zero attached hydrogens (tertiary/aromatic N) is 3. The van der Waals surface area contributed by atoms with Crippen LogP contribution in [0.4, 0.5) is 0 Å². The summed E-state index contributed by atoms with van der Waals surface area (Å²) >= 11 is 0. The second-order valence-corrected chi connectivity index (χ2v) is 8.13. The summed E-state index contributed by atoms with van der Waals surface area (Å²) in [6.07, 6.45) is 10.3. The van der Waals surface area contributed by atoms with Crippen molar-refractivity contribution in [2.75, 3.05) is 18.8 Å². The van der Waals surface area contributed by atoms with E-state index in [2.05, 4.69) is 5.10 Å². The van der Waals surface area contributed by atoms with Crippen LogP contribution in [0, 0.1) is 5.92 Å². The van der Waals surface area contributed by atoms with E-state index in [0.29, 0.717) is 24.8 Å². The first kappa shape index (κ1) is 14.1. The molecule has 0 amide bonds. The van der Waals surface area contributed by atoms with E-state index in [0.717, 1.165) is 12.8 Å². The predicted octanol–water partition coefficient (Wildman–Crippen LogP) is 2.04. The van der Waals surface area contributed by atoms with Crippen LogP contribution in [0.2, 0.25) is 0 Å². The fourth-order valence-corrected chi connectivity index (χ4v) is 5.09. The minimum Gasteiger partial charge on any atom is -0.268 e. The molecule has 0 bridgehead atoms. The Labute approximate surface area is 121 Å². The summed E-state index contributed by atoms with van der Waals surface area (Å²) in [5.41, 5.74) is 0. The normalized spacial score (nSPS) is 25.5. The maximum atomic E-state index is 12.4. The van der Waals surface area contributed by atoms with E-state index in [1.54, 1.807) is 10.5 Å². The second kappa shape index (κ2) is 5.85. The number of sulfonamides is 1. The van der Waals surface area contributed by atoms with Crippen molar-refractivity contribution < 1.29 is 8.42 Å². The molecule has 1 aliphatic carbocycles. The molecule has 1 saturated carbocycles. The molecule has 112 valence electrons. The molecule has 6 heteroatoms. The lowest BCUT2D eigenvalue weighted by atomic mass is 10.1. The van der Waals surface area contributed by atoms with Gasteiger partial charge in [-0.1, -0.05) is 25.7 Å². The highest BCUT2D eigenvalue weighted by Gasteiger charge is 2.32. The lowest BCUT2D eigenvalue weighted by Gasteiger charge is -2.18. The topological polar surface area (TPSA) is 55.2 Å². The first-order chi connectivity index (χ1) is 9.65. The van der Waals surface area contributed by atoms with Gasteiger partial charge in [0.1, 0.15) is 0 Å². The van der Waals surface area contributed by atoms with Gasteiger partial charge < -0.3 is 0 Å². The average Bonchev–Trinajstić information content (AvgIpc) is 3.16. The fourth-order valence-electron chi connectivity index (χ4n) is 3.42. The standard InChI is InChI=1S/C14H23N3O2S/c18-20(19,11-7-13-4-1-2-5-13)16-10-6-14(12-16)17-9-3-8-15-17/h3,8-9,13-14H,1-2,4-7,10-12H2. The fraction of sp³-hybridized carbons (Fsp3) is 0.786. The van der Waals surface area contributed by atoms with Crippen LogP contribution in [0.15, 0.2) is 18.5 Å². The molecular weight excluding hydrogens is 274 g/mol. The van der Waals surface area contributed by atoms with Crippen molar-refractivity contribution in [3.63, 3.8) is 0 Å². The van der Waals surface area contributed by atoms with Crippen LogP contribution in [0.1, 0.15) is 44.6 Å². The van der Waals surface area contributed by atoms with Crippen LogP contribution < -0.4 is 0 Å². The Hall–Kier alpha value is -0.880. The van der Waals surface area contributed by atoms with E-state index in [1.807, 2.05) is 16.9 Å². The summed E-state index contributed by atoms with van der Waals surface area (Å²) in [4.78, 5) is 0. The molecule has 1 aromatic heterocycles. The van der Waals surface area contributed by atoms with Gasteiger partial charge in [-0.2, -0.15) is 9.40 Å². The zero-order valence-electron chi connectivity index (χ0n) is 11.8. The molecule has 2 heterocycles. The number of aromatic nitrogens is 2. The molecule has 5 nitrogen and oxygen atoms in total. The molecule has 3 rings (SSSR count). The molecule has 0 spiro atoms. The molecule has 0 aromatic carbocycles. The first-order valence-electron chi connectivity index (χ1n) is 7.62. The lowest BCUT2D eigenvalue weighted by Crippen LogP contribution is -2.32. The monoisotopic (exact) mass is 297 g/mol. The molecule has 0 radical (unpaired) electrons. The Kier molecular flexibility index (Phi) is 4.12. The van der Waals surface area contributed by atoms with Crippen LogP contribution in [0.5, 0.6) is 0 Å². The molecule has 1 aliphatic heterocycles. The lowest BCUT2D eigenvalue weighted by molar-refractivity contribution is 0.429. The van der Waals surface area contributed by atoms with E-state index in [-0.39, 0.29) is 6.04 Å². The van der Waals surface area contributed by atoms with Gasteiger partial charge in [0, 0.05) is 25.5 Å². The van der Waals surface area contributed by atoms with E-state index >= 15 is 0 Å². The van der Waals surface area contributed by atoms with Gasteiger partial charge in [-0.05, 0) is 24.8 Å². The molecule has 1 aromatic rings. The van der Waals surface area contributed by atoms with Gasteiger partial charge in [0.25, 0.3) is 0 Å². The van der Waals surface area contributed by atoms with Gasteiger partial charge in [0.2, 0.25) is 10.0 Å². The van der Waals surface area contributed by atoms with Crippen LogP contribution in [0.25, 0.3) is 0 Å². The summed E-state index contributed by atoms with van der Waals surface area (Å²) in [6, 6.07) is 2.09. The Morgan fingerprint density at radius 2 is 2.00 bits per heavy atom. The molecule has 0 N–H and O–H groups in total. The number of hydrogen-bond donors (Lipinski definition) is 0. The Morgan fingerprint density at radius 1 is 1.20 bits per heavy atom. The van der Waals surface area contributed by atoms with Gasteiger partial charge in [-0.15, -0.1) is 0 Å². The zero-order chi connectivity index (χ0) is 14.0. The first-order valence-corrected chi connectivity index (χ1v) is 9.23. The van der Waals surface area contributed by atoms with Gasteiger partial charge in [-0.25, -0.2) is 8.42 Å². The van der Waals surface area contributed by atoms with E-state index in [4.69, 9.17) is 0 Å². The highest BCUT2D eigenvalue weighted by Crippen LogP contribution is 2.29.